The minimum Gasteiger partial charge on any atom is -0.377 e. The van der Waals surface area contributed by atoms with Crippen LogP contribution in [-0.2, 0) is 5.41 Å². The zero-order chi connectivity index (χ0) is 12.5. The van der Waals surface area contributed by atoms with Crippen molar-refractivity contribution in [3.05, 3.63) is 33.9 Å². The molecule has 4 nitrogen and oxygen atoms in total. The largest absolute Gasteiger partial charge is 0.377 e. The fourth-order valence-corrected chi connectivity index (χ4v) is 1.63. The summed E-state index contributed by atoms with van der Waals surface area (Å²) in [5, 5.41) is 10.8. The van der Waals surface area contributed by atoms with Crippen LogP contribution in [0.5, 0.6) is 0 Å². The first kappa shape index (κ1) is 12.5. The Morgan fingerprint density at radius 3 is 2.19 bits per heavy atom. The number of hydrogen-bond acceptors (Lipinski definition) is 3. The number of nitrogens with zero attached hydrogens (tertiary/aromatic N) is 2. The molecule has 0 bridgehead atoms. The highest BCUT2D eigenvalue weighted by molar-refractivity contribution is 5.59. The van der Waals surface area contributed by atoms with Crippen molar-refractivity contribution in [3.63, 3.8) is 0 Å². The lowest BCUT2D eigenvalue weighted by atomic mass is 9.85. The molecule has 0 spiro atoms. The number of nitro benzene ring substituents is 1. The summed E-state index contributed by atoms with van der Waals surface area (Å²) >= 11 is 0. The van der Waals surface area contributed by atoms with Crippen molar-refractivity contribution in [1.82, 2.24) is 0 Å². The van der Waals surface area contributed by atoms with E-state index in [4.69, 9.17) is 0 Å². The van der Waals surface area contributed by atoms with Crippen LogP contribution < -0.4 is 4.90 Å². The fourth-order valence-electron chi connectivity index (χ4n) is 1.63. The Kier molecular flexibility index (Phi) is 3.21. The molecule has 1 aromatic rings. The number of benzene rings is 1. The number of nitro groups is 1. The minimum atomic E-state index is -0.353. The highest BCUT2D eigenvalue weighted by atomic mass is 16.6. The van der Waals surface area contributed by atoms with Gasteiger partial charge < -0.3 is 4.90 Å². The minimum absolute atomic E-state index is 0.106. The van der Waals surface area contributed by atoms with Gasteiger partial charge in [-0.1, -0.05) is 20.8 Å². The Labute approximate surface area is 96.0 Å². The third kappa shape index (κ3) is 2.51. The van der Waals surface area contributed by atoms with Crippen molar-refractivity contribution in [1.29, 1.82) is 0 Å². The van der Waals surface area contributed by atoms with Gasteiger partial charge in [-0.2, -0.15) is 0 Å². The van der Waals surface area contributed by atoms with E-state index in [1.165, 1.54) is 0 Å². The molecule has 0 heterocycles. The molecule has 0 N–H and O–H groups in total. The van der Waals surface area contributed by atoms with Crippen LogP contribution in [0, 0.1) is 10.1 Å². The van der Waals surface area contributed by atoms with Gasteiger partial charge in [-0.05, 0) is 17.0 Å². The van der Waals surface area contributed by atoms with E-state index < -0.39 is 0 Å². The quantitative estimate of drug-likeness (QED) is 0.571. The van der Waals surface area contributed by atoms with Crippen LogP contribution in [0.2, 0.25) is 0 Å². The van der Waals surface area contributed by atoms with E-state index >= 15 is 0 Å². The van der Waals surface area contributed by atoms with Gasteiger partial charge in [0, 0.05) is 31.9 Å². The van der Waals surface area contributed by atoms with Crippen LogP contribution >= 0.6 is 0 Å². The van der Waals surface area contributed by atoms with Gasteiger partial charge in [0.1, 0.15) is 0 Å². The third-order valence-electron chi connectivity index (χ3n) is 2.48. The molecule has 0 fully saturated rings. The van der Waals surface area contributed by atoms with Crippen molar-refractivity contribution >= 4 is 11.4 Å². The Morgan fingerprint density at radius 2 is 1.81 bits per heavy atom. The van der Waals surface area contributed by atoms with Crippen molar-refractivity contribution in [2.45, 2.75) is 26.2 Å². The molecule has 0 aliphatic carbocycles. The summed E-state index contributed by atoms with van der Waals surface area (Å²) in [5.41, 5.74) is 2.06. The summed E-state index contributed by atoms with van der Waals surface area (Å²) in [6, 6.07) is 5.01. The van der Waals surface area contributed by atoms with Crippen LogP contribution in [0.15, 0.2) is 18.2 Å². The molecule has 0 aromatic heterocycles. The molecule has 0 atom stereocenters. The summed E-state index contributed by atoms with van der Waals surface area (Å²) in [5.74, 6) is 0. The molecular weight excluding hydrogens is 204 g/mol. The molecule has 16 heavy (non-hydrogen) atoms. The van der Waals surface area contributed by atoms with Crippen molar-refractivity contribution < 1.29 is 4.92 Å². The van der Waals surface area contributed by atoms with Gasteiger partial charge in [-0.3, -0.25) is 10.1 Å². The third-order valence-corrected chi connectivity index (χ3v) is 2.48. The SMILES string of the molecule is CN(C)c1ccc([N+](=O)[O-])cc1C(C)(C)C. The molecule has 0 aliphatic heterocycles. The monoisotopic (exact) mass is 222 g/mol. The normalized spacial score (nSPS) is 11.3. The van der Waals surface area contributed by atoms with Gasteiger partial charge in [0.2, 0.25) is 0 Å². The topological polar surface area (TPSA) is 46.4 Å². The van der Waals surface area contributed by atoms with E-state index in [9.17, 15) is 10.1 Å². The summed E-state index contributed by atoms with van der Waals surface area (Å²) in [4.78, 5) is 12.4. The predicted octanol–water partition coefficient (Wildman–Crippen LogP) is 2.96. The Bertz CT molecular complexity index is 406. The molecule has 1 rings (SSSR count). The van der Waals surface area contributed by atoms with Crippen LogP contribution in [0.4, 0.5) is 11.4 Å². The lowest BCUT2D eigenvalue weighted by Gasteiger charge is -2.26. The maximum absolute atomic E-state index is 10.8. The zero-order valence-electron chi connectivity index (χ0n) is 10.4. The molecule has 0 aliphatic rings. The van der Waals surface area contributed by atoms with E-state index in [-0.39, 0.29) is 16.0 Å². The molecule has 1 aromatic carbocycles. The summed E-state index contributed by atoms with van der Waals surface area (Å²) in [6.07, 6.45) is 0. The lowest BCUT2D eigenvalue weighted by Crippen LogP contribution is -2.19. The average Bonchev–Trinajstić information content (AvgIpc) is 2.15. The standard InChI is InChI=1S/C12H18N2O2/c1-12(2,3)10-8-9(14(15)16)6-7-11(10)13(4)5/h6-8H,1-5H3. The second kappa shape index (κ2) is 4.12. The smallest absolute Gasteiger partial charge is 0.269 e. The van der Waals surface area contributed by atoms with Gasteiger partial charge >= 0.3 is 0 Å². The Balaban J connectivity index is 3.39. The number of non-ortho nitro benzene ring substituents is 1. The number of hydrogen-bond donors (Lipinski definition) is 0. The van der Waals surface area contributed by atoms with Crippen LogP contribution in [0.1, 0.15) is 26.3 Å². The maximum atomic E-state index is 10.8. The van der Waals surface area contributed by atoms with Crippen LogP contribution in [0.3, 0.4) is 0 Å². The van der Waals surface area contributed by atoms with Crippen molar-refractivity contribution in [2.24, 2.45) is 0 Å². The summed E-state index contributed by atoms with van der Waals surface area (Å²) in [7, 11) is 3.88. The molecular formula is C12H18N2O2. The molecule has 4 heteroatoms. The molecule has 88 valence electrons. The van der Waals surface area contributed by atoms with E-state index in [1.807, 2.05) is 19.0 Å². The van der Waals surface area contributed by atoms with E-state index in [0.717, 1.165) is 11.3 Å². The highest BCUT2D eigenvalue weighted by Crippen LogP contribution is 2.33. The van der Waals surface area contributed by atoms with Gasteiger partial charge in [-0.25, -0.2) is 0 Å². The first-order valence-corrected chi connectivity index (χ1v) is 5.19. The predicted molar refractivity (Wildman–Crippen MR) is 66.1 cm³/mol. The highest BCUT2D eigenvalue weighted by Gasteiger charge is 2.22. The molecule has 0 saturated heterocycles. The van der Waals surface area contributed by atoms with E-state index in [1.54, 1.807) is 18.2 Å². The number of rotatable bonds is 2. The second-order valence-corrected chi connectivity index (χ2v) is 5.10. The second-order valence-electron chi connectivity index (χ2n) is 5.10. The van der Waals surface area contributed by atoms with Crippen LogP contribution in [-0.4, -0.2) is 19.0 Å². The van der Waals surface area contributed by atoms with Crippen LogP contribution in [0.25, 0.3) is 0 Å². The average molecular weight is 222 g/mol. The first-order chi connectivity index (χ1) is 7.23. The Morgan fingerprint density at radius 1 is 1.25 bits per heavy atom. The molecule has 0 radical (unpaired) electrons. The first-order valence-electron chi connectivity index (χ1n) is 5.19. The van der Waals surface area contributed by atoms with E-state index in [0.29, 0.717) is 0 Å². The van der Waals surface area contributed by atoms with Crippen molar-refractivity contribution in [3.8, 4) is 0 Å². The van der Waals surface area contributed by atoms with Gasteiger partial charge in [-0.15, -0.1) is 0 Å². The molecule has 0 unspecified atom stereocenters. The molecule has 0 saturated carbocycles. The van der Waals surface area contributed by atoms with Gasteiger partial charge in [0.05, 0.1) is 4.92 Å². The fraction of sp³-hybridized carbons (Fsp3) is 0.500. The van der Waals surface area contributed by atoms with Crippen molar-refractivity contribution in [2.75, 3.05) is 19.0 Å². The summed E-state index contributed by atoms with van der Waals surface area (Å²) < 4.78 is 0. The van der Waals surface area contributed by atoms with E-state index in [2.05, 4.69) is 20.8 Å². The van der Waals surface area contributed by atoms with Gasteiger partial charge in [0.25, 0.3) is 5.69 Å². The van der Waals surface area contributed by atoms with Gasteiger partial charge in [0.15, 0.2) is 0 Å². The lowest BCUT2D eigenvalue weighted by molar-refractivity contribution is -0.384. The maximum Gasteiger partial charge on any atom is 0.269 e. The Hall–Kier alpha value is -1.58. The zero-order valence-corrected chi connectivity index (χ0v) is 10.4. The number of anilines is 1. The summed E-state index contributed by atoms with van der Waals surface area (Å²) in [6.45, 7) is 6.16. The molecule has 0 amide bonds.